The summed E-state index contributed by atoms with van der Waals surface area (Å²) in [4.78, 5) is 22.9. The van der Waals surface area contributed by atoms with Crippen molar-refractivity contribution in [2.45, 2.75) is 12.8 Å². The standard InChI is InChI=1S/C15H12F2O3/c1-2-20-14(19)15(16,17)13(18)12-8-7-10-5-3-4-6-11(10)9-12/h3-9H,2H2,1H3. The van der Waals surface area contributed by atoms with E-state index in [2.05, 4.69) is 4.74 Å². The summed E-state index contributed by atoms with van der Waals surface area (Å²) in [6.07, 6.45) is 0. The van der Waals surface area contributed by atoms with E-state index in [1.165, 1.54) is 19.1 Å². The zero-order valence-electron chi connectivity index (χ0n) is 10.7. The van der Waals surface area contributed by atoms with Crippen LogP contribution in [0.25, 0.3) is 10.8 Å². The van der Waals surface area contributed by atoms with E-state index >= 15 is 0 Å². The van der Waals surface area contributed by atoms with E-state index in [-0.39, 0.29) is 12.2 Å². The third-order valence-corrected chi connectivity index (χ3v) is 2.83. The largest absolute Gasteiger partial charge is 0.461 e. The molecule has 2 aromatic carbocycles. The molecule has 0 aliphatic heterocycles. The van der Waals surface area contributed by atoms with Crippen LogP contribution in [-0.2, 0) is 9.53 Å². The molecule has 0 fully saturated rings. The lowest BCUT2D eigenvalue weighted by molar-refractivity contribution is -0.164. The molecular weight excluding hydrogens is 266 g/mol. The molecule has 0 unspecified atom stereocenters. The lowest BCUT2D eigenvalue weighted by Gasteiger charge is -2.13. The van der Waals surface area contributed by atoms with Gasteiger partial charge in [0, 0.05) is 5.56 Å². The van der Waals surface area contributed by atoms with E-state index in [9.17, 15) is 18.4 Å². The van der Waals surface area contributed by atoms with E-state index in [1.54, 1.807) is 30.3 Å². The number of benzene rings is 2. The highest BCUT2D eigenvalue weighted by atomic mass is 19.3. The van der Waals surface area contributed by atoms with Crippen LogP contribution in [0.2, 0.25) is 0 Å². The summed E-state index contributed by atoms with van der Waals surface area (Å²) >= 11 is 0. The van der Waals surface area contributed by atoms with Crippen LogP contribution in [0.15, 0.2) is 42.5 Å². The zero-order valence-corrected chi connectivity index (χ0v) is 10.7. The second-order valence-corrected chi connectivity index (χ2v) is 4.19. The minimum absolute atomic E-state index is 0.209. The number of halogens is 2. The van der Waals surface area contributed by atoms with Crippen molar-refractivity contribution < 1.29 is 23.1 Å². The van der Waals surface area contributed by atoms with Gasteiger partial charge < -0.3 is 4.74 Å². The summed E-state index contributed by atoms with van der Waals surface area (Å²) in [7, 11) is 0. The summed E-state index contributed by atoms with van der Waals surface area (Å²) in [6, 6.07) is 11.2. The van der Waals surface area contributed by atoms with Crippen molar-refractivity contribution in [2.75, 3.05) is 6.61 Å². The predicted molar refractivity (Wildman–Crippen MR) is 69.9 cm³/mol. The van der Waals surface area contributed by atoms with Crippen LogP contribution in [0, 0.1) is 0 Å². The van der Waals surface area contributed by atoms with Crippen LogP contribution in [-0.4, -0.2) is 24.3 Å². The Labute approximate surface area is 114 Å². The molecule has 2 aromatic rings. The Hall–Kier alpha value is -2.30. The number of ether oxygens (including phenoxy) is 1. The van der Waals surface area contributed by atoms with E-state index < -0.39 is 17.7 Å². The number of alkyl halides is 2. The molecule has 3 nitrogen and oxygen atoms in total. The lowest BCUT2D eigenvalue weighted by Crippen LogP contribution is -2.39. The van der Waals surface area contributed by atoms with Crippen LogP contribution in [0.4, 0.5) is 8.78 Å². The SMILES string of the molecule is CCOC(=O)C(F)(F)C(=O)c1ccc2ccccc2c1. The highest BCUT2D eigenvalue weighted by Crippen LogP contribution is 2.24. The predicted octanol–water partition coefficient (Wildman–Crippen LogP) is 3.22. The van der Waals surface area contributed by atoms with Gasteiger partial charge in [-0.3, -0.25) is 4.79 Å². The first-order valence-electron chi connectivity index (χ1n) is 6.05. The number of rotatable bonds is 4. The van der Waals surface area contributed by atoms with Crippen molar-refractivity contribution in [1.29, 1.82) is 0 Å². The van der Waals surface area contributed by atoms with Crippen LogP contribution >= 0.6 is 0 Å². The molecule has 0 amide bonds. The van der Waals surface area contributed by atoms with Crippen LogP contribution in [0.5, 0.6) is 0 Å². The number of hydrogen-bond acceptors (Lipinski definition) is 3. The number of ketones is 1. The molecule has 0 saturated carbocycles. The molecule has 0 radical (unpaired) electrons. The van der Waals surface area contributed by atoms with Gasteiger partial charge in [0.25, 0.3) is 0 Å². The van der Waals surface area contributed by atoms with Gasteiger partial charge >= 0.3 is 11.9 Å². The summed E-state index contributed by atoms with van der Waals surface area (Å²) < 4.78 is 31.5. The fraction of sp³-hybridized carbons (Fsp3) is 0.200. The van der Waals surface area contributed by atoms with E-state index in [1.807, 2.05) is 0 Å². The molecule has 0 aliphatic rings. The molecule has 0 bridgehead atoms. The minimum atomic E-state index is -4.17. The average molecular weight is 278 g/mol. The van der Waals surface area contributed by atoms with Gasteiger partial charge in [0.1, 0.15) is 0 Å². The molecule has 5 heteroatoms. The Morgan fingerprint density at radius 2 is 1.75 bits per heavy atom. The van der Waals surface area contributed by atoms with Crippen LogP contribution in [0.3, 0.4) is 0 Å². The molecular formula is C15H12F2O3. The third kappa shape index (κ3) is 2.52. The number of Topliss-reactive ketones (excluding diaryl/α,β-unsaturated/α-hetero) is 1. The van der Waals surface area contributed by atoms with Gasteiger partial charge in [-0.05, 0) is 23.8 Å². The minimum Gasteiger partial charge on any atom is -0.461 e. The number of hydrogen-bond donors (Lipinski definition) is 0. The van der Waals surface area contributed by atoms with Crippen LogP contribution < -0.4 is 0 Å². The Morgan fingerprint density at radius 3 is 2.40 bits per heavy atom. The fourth-order valence-corrected chi connectivity index (χ4v) is 1.83. The Balaban J connectivity index is 2.37. The molecule has 2 rings (SSSR count). The summed E-state index contributed by atoms with van der Waals surface area (Å²) in [5, 5.41) is 1.47. The molecule has 0 atom stereocenters. The first kappa shape index (κ1) is 14.1. The Bertz CT molecular complexity index is 665. The van der Waals surface area contributed by atoms with Gasteiger partial charge in [-0.1, -0.05) is 36.4 Å². The fourth-order valence-electron chi connectivity index (χ4n) is 1.83. The van der Waals surface area contributed by atoms with Crippen molar-refractivity contribution in [2.24, 2.45) is 0 Å². The van der Waals surface area contributed by atoms with Crippen molar-refractivity contribution in [3.63, 3.8) is 0 Å². The average Bonchev–Trinajstić information content (AvgIpc) is 2.46. The first-order valence-corrected chi connectivity index (χ1v) is 6.05. The van der Waals surface area contributed by atoms with Gasteiger partial charge in [0.2, 0.25) is 5.78 Å². The lowest BCUT2D eigenvalue weighted by atomic mass is 10.0. The number of carbonyl (C=O) groups is 2. The van der Waals surface area contributed by atoms with Crippen molar-refractivity contribution in [3.05, 3.63) is 48.0 Å². The number of fused-ring (bicyclic) bond motifs is 1. The Kier molecular flexibility index (Phi) is 3.79. The van der Waals surface area contributed by atoms with E-state index in [0.29, 0.717) is 5.39 Å². The van der Waals surface area contributed by atoms with Gasteiger partial charge in [-0.25, -0.2) is 4.79 Å². The maximum atomic E-state index is 13.7. The Morgan fingerprint density at radius 1 is 1.10 bits per heavy atom. The highest BCUT2D eigenvalue weighted by molar-refractivity contribution is 6.14. The normalized spacial score (nSPS) is 11.3. The molecule has 0 spiro atoms. The van der Waals surface area contributed by atoms with E-state index in [4.69, 9.17) is 0 Å². The number of carbonyl (C=O) groups excluding carboxylic acids is 2. The van der Waals surface area contributed by atoms with Gasteiger partial charge in [-0.2, -0.15) is 8.78 Å². The number of esters is 1. The van der Waals surface area contributed by atoms with Gasteiger partial charge in [0.15, 0.2) is 0 Å². The van der Waals surface area contributed by atoms with Gasteiger partial charge in [0.05, 0.1) is 6.61 Å². The topological polar surface area (TPSA) is 43.4 Å². The summed E-state index contributed by atoms with van der Waals surface area (Å²) in [5.74, 6) is -7.54. The second-order valence-electron chi connectivity index (χ2n) is 4.19. The molecule has 0 heterocycles. The van der Waals surface area contributed by atoms with Crippen LogP contribution in [0.1, 0.15) is 17.3 Å². The quantitative estimate of drug-likeness (QED) is 0.490. The second kappa shape index (κ2) is 5.36. The summed E-state index contributed by atoms with van der Waals surface area (Å²) in [6.45, 7) is 1.19. The highest BCUT2D eigenvalue weighted by Gasteiger charge is 2.49. The van der Waals surface area contributed by atoms with E-state index in [0.717, 1.165) is 5.39 Å². The molecule has 0 aromatic heterocycles. The van der Waals surface area contributed by atoms with Crippen molar-refractivity contribution in [1.82, 2.24) is 0 Å². The maximum Gasteiger partial charge on any atom is 0.404 e. The van der Waals surface area contributed by atoms with Crippen molar-refractivity contribution in [3.8, 4) is 0 Å². The first-order chi connectivity index (χ1) is 9.46. The van der Waals surface area contributed by atoms with Gasteiger partial charge in [-0.15, -0.1) is 0 Å². The van der Waals surface area contributed by atoms with Crippen molar-refractivity contribution >= 4 is 22.5 Å². The monoisotopic (exact) mass is 278 g/mol. The molecule has 0 aliphatic carbocycles. The molecule has 20 heavy (non-hydrogen) atoms. The zero-order chi connectivity index (χ0) is 14.8. The molecule has 0 N–H and O–H groups in total. The maximum absolute atomic E-state index is 13.7. The third-order valence-electron chi connectivity index (χ3n) is 2.83. The molecule has 104 valence electrons. The smallest absolute Gasteiger partial charge is 0.404 e. The summed E-state index contributed by atoms with van der Waals surface area (Å²) in [5.41, 5.74) is -0.221. The molecule has 0 saturated heterocycles.